The summed E-state index contributed by atoms with van der Waals surface area (Å²) in [6.07, 6.45) is -6.80. The van der Waals surface area contributed by atoms with Crippen molar-refractivity contribution < 1.29 is 39.5 Å². The Bertz CT molecular complexity index is 393. The molecule has 140 valence electrons. The first-order chi connectivity index (χ1) is 9.87. The first-order valence-electron chi connectivity index (χ1n) is 6.13. The predicted octanol–water partition coefficient (Wildman–Crippen LogP) is 4.24. The molecule has 1 N–H and O–H groups in total. The van der Waals surface area contributed by atoms with Crippen LogP contribution >= 0.6 is 11.9 Å². The van der Waals surface area contributed by atoms with Crippen molar-refractivity contribution in [2.75, 3.05) is 27.2 Å². The van der Waals surface area contributed by atoms with E-state index in [1.54, 1.807) is 37.6 Å². The molecule has 0 unspecified atom stereocenters. The molecule has 0 aliphatic carbocycles. The molecule has 0 aromatic carbocycles. The summed E-state index contributed by atoms with van der Waals surface area (Å²) in [5.41, 5.74) is -0.714. The summed E-state index contributed by atoms with van der Waals surface area (Å²) in [6.45, 7) is 3.16. The third kappa shape index (κ3) is 5.31. The van der Waals surface area contributed by atoms with Crippen molar-refractivity contribution in [3.63, 3.8) is 0 Å². The second kappa shape index (κ2) is 6.87. The molecule has 23 heavy (non-hydrogen) atoms. The maximum absolute atomic E-state index is 13.2. The standard InChI is InChI=1S/C11H17F9N2S/c1-7(2,6-22(3)4)5-21-23-11(19,20)9(14,15)8(12,13)10(16,17)18/h21H,5-6H2,1-4H3. The molecule has 0 aromatic heterocycles. The van der Waals surface area contributed by atoms with E-state index < -0.39 is 40.6 Å². The van der Waals surface area contributed by atoms with Gasteiger partial charge >= 0.3 is 23.3 Å². The Labute approximate surface area is 131 Å². The lowest BCUT2D eigenvalue weighted by Gasteiger charge is -2.34. The molecule has 0 saturated carbocycles. The summed E-state index contributed by atoms with van der Waals surface area (Å²) < 4.78 is 115. The Morgan fingerprint density at radius 3 is 1.61 bits per heavy atom. The normalized spacial score (nSPS) is 15.4. The van der Waals surface area contributed by atoms with Crippen molar-refractivity contribution in [1.29, 1.82) is 0 Å². The summed E-state index contributed by atoms with van der Waals surface area (Å²) in [4.78, 5) is 1.66. The zero-order chi connectivity index (χ0) is 18.9. The number of rotatable bonds is 8. The van der Waals surface area contributed by atoms with Crippen LogP contribution in [0.4, 0.5) is 39.5 Å². The SMILES string of the molecule is CN(C)CC(C)(C)CNSC(F)(F)C(F)(F)C(F)(F)C(F)(F)F. The van der Waals surface area contributed by atoms with Gasteiger partial charge in [0.1, 0.15) is 0 Å². The molecular formula is C11H17F9N2S. The van der Waals surface area contributed by atoms with Crippen LogP contribution in [-0.2, 0) is 0 Å². The lowest BCUT2D eigenvalue weighted by molar-refractivity contribution is -0.381. The third-order valence-corrected chi connectivity index (χ3v) is 3.41. The second-order valence-electron chi connectivity index (χ2n) is 5.99. The van der Waals surface area contributed by atoms with E-state index in [9.17, 15) is 39.5 Å². The molecule has 0 amide bonds. The van der Waals surface area contributed by atoms with Crippen molar-refractivity contribution in [2.24, 2.45) is 5.41 Å². The average Bonchev–Trinajstić information content (AvgIpc) is 2.23. The molecule has 0 bridgehead atoms. The topological polar surface area (TPSA) is 15.3 Å². The second-order valence-corrected chi connectivity index (χ2v) is 6.99. The van der Waals surface area contributed by atoms with Gasteiger partial charge in [-0.15, -0.1) is 0 Å². The van der Waals surface area contributed by atoms with Gasteiger partial charge in [-0.3, -0.25) is 4.72 Å². The van der Waals surface area contributed by atoms with Gasteiger partial charge in [-0.05, 0) is 19.5 Å². The zero-order valence-electron chi connectivity index (χ0n) is 12.7. The molecule has 0 fully saturated rings. The zero-order valence-corrected chi connectivity index (χ0v) is 13.5. The van der Waals surface area contributed by atoms with Crippen LogP contribution in [0, 0.1) is 5.41 Å². The molecule has 12 heteroatoms. The van der Waals surface area contributed by atoms with Gasteiger partial charge in [0.05, 0.1) is 0 Å². The number of nitrogens with zero attached hydrogens (tertiary/aromatic N) is 1. The summed E-state index contributed by atoms with van der Waals surface area (Å²) in [5, 5.41) is -5.67. The molecule has 0 heterocycles. The maximum Gasteiger partial charge on any atom is 0.460 e. The molecule has 0 atom stereocenters. The fourth-order valence-electron chi connectivity index (χ4n) is 1.66. The summed E-state index contributed by atoms with van der Waals surface area (Å²) >= 11 is -1.15. The van der Waals surface area contributed by atoms with Gasteiger partial charge in [-0.25, -0.2) is 0 Å². The first kappa shape index (κ1) is 22.6. The molecular weight excluding hydrogens is 363 g/mol. The molecule has 0 saturated heterocycles. The van der Waals surface area contributed by atoms with Crippen molar-refractivity contribution in [2.45, 2.75) is 37.1 Å². The van der Waals surface area contributed by atoms with E-state index in [1.807, 2.05) is 0 Å². The minimum absolute atomic E-state index is 0.320. The smallest absolute Gasteiger partial charge is 0.309 e. The average molecular weight is 380 g/mol. The molecule has 0 rings (SSSR count). The van der Waals surface area contributed by atoms with E-state index in [2.05, 4.69) is 0 Å². The van der Waals surface area contributed by atoms with Gasteiger partial charge in [0.2, 0.25) is 0 Å². The van der Waals surface area contributed by atoms with E-state index >= 15 is 0 Å². The van der Waals surface area contributed by atoms with Crippen molar-refractivity contribution in [3.05, 3.63) is 0 Å². The monoisotopic (exact) mass is 380 g/mol. The summed E-state index contributed by atoms with van der Waals surface area (Å²) in [6, 6.07) is 0. The van der Waals surface area contributed by atoms with Crippen molar-refractivity contribution in [3.8, 4) is 0 Å². The number of hydrogen-bond acceptors (Lipinski definition) is 3. The fourth-order valence-corrected chi connectivity index (χ4v) is 2.56. The van der Waals surface area contributed by atoms with E-state index in [-0.39, 0.29) is 6.54 Å². The van der Waals surface area contributed by atoms with Crippen LogP contribution in [0.2, 0.25) is 0 Å². The van der Waals surface area contributed by atoms with Crippen LogP contribution in [0.15, 0.2) is 0 Å². The Balaban J connectivity index is 5.00. The van der Waals surface area contributed by atoms with Gasteiger partial charge in [0.15, 0.2) is 0 Å². The van der Waals surface area contributed by atoms with Crippen LogP contribution in [0.1, 0.15) is 13.8 Å². The maximum atomic E-state index is 13.2. The molecule has 0 aromatic rings. The van der Waals surface area contributed by atoms with Crippen molar-refractivity contribution in [1.82, 2.24) is 9.62 Å². The highest BCUT2D eigenvalue weighted by Crippen LogP contribution is 2.55. The van der Waals surface area contributed by atoms with Crippen LogP contribution in [0.5, 0.6) is 0 Å². The first-order valence-corrected chi connectivity index (χ1v) is 6.95. The van der Waals surface area contributed by atoms with E-state index in [4.69, 9.17) is 0 Å². The highest BCUT2D eigenvalue weighted by molar-refractivity contribution is 7.98. The largest absolute Gasteiger partial charge is 0.460 e. The highest BCUT2D eigenvalue weighted by atomic mass is 32.2. The Morgan fingerprint density at radius 1 is 0.826 bits per heavy atom. The third-order valence-electron chi connectivity index (χ3n) is 2.61. The number of nitrogens with one attached hydrogen (secondary N) is 1. The fraction of sp³-hybridized carbons (Fsp3) is 1.00. The summed E-state index contributed by atoms with van der Waals surface area (Å²) in [5.74, 6) is -13.5. The highest BCUT2D eigenvalue weighted by Gasteiger charge is 2.82. The van der Waals surface area contributed by atoms with E-state index in [1.165, 1.54) is 0 Å². The van der Waals surface area contributed by atoms with Gasteiger partial charge in [0, 0.05) is 25.0 Å². The number of hydrogen-bond donors (Lipinski definition) is 1. The van der Waals surface area contributed by atoms with Crippen LogP contribution in [-0.4, -0.2) is 55.4 Å². The van der Waals surface area contributed by atoms with E-state index in [0.717, 1.165) is 0 Å². The summed E-state index contributed by atoms with van der Waals surface area (Å²) in [7, 11) is 3.31. The minimum Gasteiger partial charge on any atom is -0.309 e. The Hall–Kier alpha value is -0.360. The van der Waals surface area contributed by atoms with Gasteiger partial charge in [0.25, 0.3) is 0 Å². The molecule has 0 spiro atoms. The minimum atomic E-state index is -6.86. The number of alkyl halides is 9. The van der Waals surface area contributed by atoms with Crippen molar-refractivity contribution >= 4 is 11.9 Å². The predicted molar refractivity (Wildman–Crippen MR) is 68.8 cm³/mol. The van der Waals surface area contributed by atoms with Crippen LogP contribution in [0.3, 0.4) is 0 Å². The molecule has 0 aliphatic rings. The Morgan fingerprint density at radius 2 is 1.26 bits per heavy atom. The molecule has 2 nitrogen and oxygen atoms in total. The van der Waals surface area contributed by atoms with Crippen LogP contribution < -0.4 is 4.72 Å². The molecule has 0 aliphatic heterocycles. The quantitative estimate of drug-likeness (QED) is 0.501. The molecule has 0 radical (unpaired) electrons. The lowest BCUT2D eigenvalue weighted by Crippen LogP contribution is -2.60. The van der Waals surface area contributed by atoms with Gasteiger partial charge < -0.3 is 4.90 Å². The van der Waals surface area contributed by atoms with Gasteiger partial charge in [-0.1, -0.05) is 13.8 Å². The van der Waals surface area contributed by atoms with Crippen LogP contribution in [0.25, 0.3) is 0 Å². The lowest BCUT2D eigenvalue weighted by atomic mass is 9.93. The number of halogens is 9. The van der Waals surface area contributed by atoms with Gasteiger partial charge in [-0.2, -0.15) is 39.5 Å². The van der Waals surface area contributed by atoms with E-state index in [0.29, 0.717) is 6.54 Å². The Kier molecular flexibility index (Phi) is 6.76.